The first kappa shape index (κ1) is 20.9. The molecule has 5 rings (SSSR count). The molecule has 8 nitrogen and oxygen atoms in total. The highest BCUT2D eigenvalue weighted by Gasteiger charge is 2.31. The average molecular weight is 435 g/mol. The fraction of sp³-hybridized carbons (Fsp3) is 0.500. The number of anilines is 1. The number of rotatable bonds is 5. The van der Waals surface area contributed by atoms with Crippen molar-refractivity contribution in [3.8, 4) is 0 Å². The molecule has 1 amide bonds. The average Bonchev–Trinajstić information content (AvgIpc) is 3.41. The van der Waals surface area contributed by atoms with Gasteiger partial charge in [-0.05, 0) is 55.1 Å². The Kier molecular flexibility index (Phi) is 5.55. The van der Waals surface area contributed by atoms with Crippen LogP contribution in [0.2, 0.25) is 0 Å². The smallest absolute Gasteiger partial charge is 0.276 e. The summed E-state index contributed by atoms with van der Waals surface area (Å²) in [5.41, 5.74) is 4.65. The van der Waals surface area contributed by atoms with Gasteiger partial charge in [0.15, 0.2) is 5.69 Å². The van der Waals surface area contributed by atoms with Gasteiger partial charge >= 0.3 is 0 Å². The summed E-state index contributed by atoms with van der Waals surface area (Å²) in [5, 5.41) is 15.0. The predicted octanol–water partition coefficient (Wildman–Crippen LogP) is 3.78. The van der Waals surface area contributed by atoms with E-state index in [1.807, 2.05) is 23.1 Å². The second kappa shape index (κ2) is 8.50. The number of fused-ring (bicyclic) bond motifs is 1. The maximum atomic E-state index is 13.0. The van der Waals surface area contributed by atoms with Crippen molar-refractivity contribution in [2.24, 2.45) is 11.3 Å². The molecule has 2 N–H and O–H groups in total. The molecule has 32 heavy (non-hydrogen) atoms. The van der Waals surface area contributed by atoms with Crippen LogP contribution >= 0.6 is 0 Å². The third-order valence-electron chi connectivity index (χ3n) is 6.76. The fourth-order valence-electron chi connectivity index (χ4n) is 5.00. The maximum Gasteiger partial charge on any atom is 0.276 e. The zero-order valence-corrected chi connectivity index (χ0v) is 18.7. The molecule has 0 aromatic carbocycles. The highest BCUT2D eigenvalue weighted by Crippen LogP contribution is 2.36. The van der Waals surface area contributed by atoms with E-state index in [0.717, 1.165) is 62.1 Å². The second-order valence-corrected chi connectivity index (χ2v) is 9.71. The predicted molar refractivity (Wildman–Crippen MR) is 120 cm³/mol. The molecule has 1 fully saturated rings. The Morgan fingerprint density at radius 3 is 2.94 bits per heavy atom. The molecule has 2 aliphatic rings. The van der Waals surface area contributed by atoms with Gasteiger partial charge < -0.3 is 10.1 Å². The van der Waals surface area contributed by atoms with Crippen LogP contribution in [0.5, 0.6) is 0 Å². The van der Waals surface area contributed by atoms with Gasteiger partial charge in [-0.25, -0.2) is 0 Å². The Labute approximate surface area is 187 Å². The van der Waals surface area contributed by atoms with Crippen molar-refractivity contribution in [3.05, 3.63) is 59.4 Å². The molecule has 1 aliphatic heterocycles. The van der Waals surface area contributed by atoms with E-state index in [2.05, 4.69) is 45.5 Å². The van der Waals surface area contributed by atoms with Crippen LogP contribution in [0.4, 0.5) is 5.69 Å². The Balaban J connectivity index is 1.36. The first-order valence-corrected chi connectivity index (χ1v) is 11.4. The summed E-state index contributed by atoms with van der Waals surface area (Å²) >= 11 is 0. The minimum Gasteiger partial charge on any atom is -0.381 e. The first-order chi connectivity index (χ1) is 15.5. The van der Waals surface area contributed by atoms with Crippen molar-refractivity contribution in [1.82, 2.24) is 25.0 Å². The zero-order chi connectivity index (χ0) is 22.1. The molecule has 0 spiro atoms. The molecule has 3 aromatic rings. The van der Waals surface area contributed by atoms with Crippen molar-refractivity contribution >= 4 is 11.6 Å². The van der Waals surface area contributed by atoms with Crippen LogP contribution in [-0.4, -0.2) is 44.1 Å². The number of amides is 1. The molecule has 4 heterocycles. The Hall–Kier alpha value is -3.00. The summed E-state index contributed by atoms with van der Waals surface area (Å²) in [6, 6.07) is 4.10. The van der Waals surface area contributed by atoms with Gasteiger partial charge in [0.25, 0.3) is 5.91 Å². The summed E-state index contributed by atoms with van der Waals surface area (Å²) in [7, 11) is 0. The van der Waals surface area contributed by atoms with Gasteiger partial charge in [0, 0.05) is 43.1 Å². The van der Waals surface area contributed by atoms with Crippen LogP contribution in [0.1, 0.15) is 66.5 Å². The normalized spacial score (nSPS) is 19.3. The fourth-order valence-corrected chi connectivity index (χ4v) is 5.00. The third-order valence-corrected chi connectivity index (χ3v) is 6.76. The van der Waals surface area contributed by atoms with Gasteiger partial charge in [-0.1, -0.05) is 19.9 Å². The molecular weight excluding hydrogens is 404 g/mol. The van der Waals surface area contributed by atoms with Crippen LogP contribution in [0.15, 0.2) is 36.9 Å². The van der Waals surface area contributed by atoms with Crippen molar-refractivity contribution < 1.29 is 9.53 Å². The van der Waals surface area contributed by atoms with Crippen molar-refractivity contribution in [2.75, 3.05) is 18.5 Å². The van der Waals surface area contributed by atoms with E-state index in [-0.39, 0.29) is 17.4 Å². The number of nitrogens with one attached hydrogen (secondary N) is 2. The number of H-pyrrole nitrogens is 1. The van der Waals surface area contributed by atoms with Crippen molar-refractivity contribution in [1.29, 1.82) is 0 Å². The molecule has 8 heteroatoms. The molecule has 1 atom stereocenters. The van der Waals surface area contributed by atoms with E-state index >= 15 is 0 Å². The topological polar surface area (TPSA) is 97.7 Å². The lowest BCUT2D eigenvalue weighted by Crippen LogP contribution is -2.27. The van der Waals surface area contributed by atoms with Crippen LogP contribution in [0.3, 0.4) is 0 Å². The molecule has 0 radical (unpaired) electrons. The minimum absolute atomic E-state index is 0.0543. The number of carbonyl (C=O) groups is 1. The summed E-state index contributed by atoms with van der Waals surface area (Å²) < 4.78 is 7.52. The number of nitrogens with zero attached hydrogens (tertiary/aromatic N) is 4. The number of pyridine rings is 1. The summed E-state index contributed by atoms with van der Waals surface area (Å²) in [4.78, 5) is 17.3. The first-order valence-electron chi connectivity index (χ1n) is 11.4. The maximum absolute atomic E-state index is 13.0. The van der Waals surface area contributed by atoms with E-state index in [1.54, 1.807) is 12.4 Å². The molecule has 1 unspecified atom stereocenters. The SMILES string of the molecule is CC1(C)CCc2c(C(=O)Nc3cnn(C(c4cccnc4)C4CCOCC4)c3)n[nH]c2C1. The van der Waals surface area contributed by atoms with Gasteiger partial charge in [0.1, 0.15) is 0 Å². The van der Waals surface area contributed by atoms with Gasteiger partial charge in [0.2, 0.25) is 0 Å². The van der Waals surface area contributed by atoms with Crippen LogP contribution in [-0.2, 0) is 17.6 Å². The lowest BCUT2D eigenvalue weighted by atomic mass is 9.76. The largest absolute Gasteiger partial charge is 0.381 e. The van der Waals surface area contributed by atoms with Gasteiger partial charge in [-0.3, -0.25) is 19.6 Å². The van der Waals surface area contributed by atoms with Gasteiger partial charge in [0.05, 0.1) is 17.9 Å². The number of hydrogen-bond acceptors (Lipinski definition) is 5. The van der Waals surface area contributed by atoms with Crippen LogP contribution in [0, 0.1) is 11.3 Å². The third kappa shape index (κ3) is 4.19. The Bertz CT molecular complexity index is 1080. The molecule has 0 saturated carbocycles. The van der Waals surface area contributed by atoms with Crippen LogP contribution < -0.4 is 5.32 Å². The highest BCUT2D eigenvalue weighted by molar-refractivity contribution is 6.03. The number of ether oxygens (including phenoxy) is 1. The minimum atomic E-state index is -0.189. The van der Waals surface area contributed by atoms with Crippen molar-refractivity contribution in [2.45, 2.75) is 52.0 Å². The monoisotopic (exact) mass is 434 g/mol. The number of hydrogen-bond donors (Lipinski definition) is 2. The van der Waals surface area contributed by atoms with Crippen molar-refractivity contribution in [3.63, 3.8) is 0 Å². The summed E-state index contributed by atoms with van der Waals surface area (Å²) in [5.74, 6) is 0.212. The van der Waals surface area contributed by atoms with E-state index in [0.29, 0.717) is 17.3 Å². The molecule has 0 bridgehead atoms. The van der Waals surface area contributed by atoms with E-state index in [4.69, 9.17) is 4.74 Å². The highest BCUT2D eigenvalue weighted by atomic mass is 16.5. The molecule has 1 saturated heterocycles. The Morgan fingerprint density at radius 2 is 2.16 bits per heavy atom. The molecule has 1 aliphatic carbocycles. The molecule has 3 aromatic heterocycles. The van der Waals surface area contributed by atoms with E-state index < -0.39 is 0 Å². The standard InChI is InChI=1S/C24H30N6O2/c1-24(2)8-5-19-20(12-24)28-29-21(19)23(31)27-18-14-26-30(15-18)22(16-6-10-32-11-7-16)17-4-3-9-25-13-17/h3-4,9,13-16,22H,5-8,10-12H2,1-2H3,(H,27,31)(H,28,29). The molecule has 168 valence electrons. The van der Waals surface area contributed by atoms with Gasteiger partial charge in [-0.15, -0.1) is 0 Å². The van der Waals surface area contributed by atoms with E-state index in [1.165, 1.54) is 0 Å². The lowest BCUT2D eigenvalue weighted by molar-refractivity contribution is 0.0526. The molecular formula is C24H30N6O2. The Morgan fingerprint density at radius 1 is 1.31 bits per heavy atom. The van der Waals surface area contributed by atoms with Gasteiger partial charge in [-0.2, -0.15) is 10.2 Å². The summed E-state index contributed by atoms with van der Waals surface area (Å²) in [6.45, 7) is 6.02. The quantitative estimate of drug-likeness (QED) is 0.637. The van der Waals surface area contributed by atoms with Crippen LogP contribution in [0.25, 0.3) is 0 Å². The summed E-state index contributed by atoms with van der Waals surface area (Å²) in [6.07, 6.45) is 12.1. The number of aromatic nitrogens is 5. The lowest BCUT2D eigenvalue weighted by Gasteiger charge is -2.30. The number of carbonyl (C=O) groups excluding carboxylic acids is 1. The van der Waals surface area contributed by atoms with E-state index in [9.17, 15) is 4.79 Å². The second-order valence-electron chi connectivity index (χ2n) is 9.71. The zero-order valence-electron chi connectivity index (χ0n) is 18.7. The number of aromatic amines is 1.